The van der Waals surface area contributed by atoms with Crippen molar-refractivity contribution >= 4 is 21.6 Å². The van der Waals surface area contributed by atoms with Crippen LogP contribution >= 0.6 is 0 Å². The van der Waals surface area contributed by atoms with Crippen molar-refractivity contribution in [3.05, 3.63) is 76.5 Å². The number of aromatic nitrogens is 2. The summed E-state index contributed by atoms with van der Waals surface area (Å²) in [5.74, 6) is -0.446. The highest BCUT2D eigenvalue weighted by atomic mass is 32.2. The van der Waals surface area contributed by atoms with Gasteiger partial charge in [0.15, 0.2) is 0 Å². The number of hydrogen-bond acceptors (Lipinski definition) is 5. The number of carbonyl (C=O) groups excluding carboxylic acids is 1. The maximum absolute atomic E-state index is 13.6. The number of carbonyl (C=O) groups is 1. The first-order chi connectivity index (χ1) is 16.7. The molecule has 1 aliphatic rings. The monoisotopic (exact) mass is 495 g/mol. The van der Waals surface area contributed by atoms with Gasteiger partial charge in [-0.15, -0.1) is 0 Å². The maximum Gasteiger partial charge on any atom is 0.263 e. The summed E-state index contributed by atoms with van der Waals surface area (Å²) >= 11 is 0. The van der Waals surface area contributed by atoms with Crippen LogP contribution in [0.2, 0.25) is 0 Å². The Bertz CT molecular complexity index is 1310. The van der Waals surface area contributed by atoms with Crippen LogP contribution in [-0.2, 0) is 23.1 Å². The van der Waals surface area contributed by atoms with E-state index in [4.69, 9.17) is 0 Å². The van der Waals surface area contributed by atoms with Crippen molar-refractivity contribution in [3.8, 4) is 0 Å². The number of benzene rings is 2. The normalized spacial score (nSPS) is 14.8. The second-order valence-electron chi connectivity index (χ2n) is 8.98. The lowest BCUT2D eigenvalue weighted by Gasteiger charge is -2.36. The molecule has 0 unspecified atom stereocenters. The van der Waals surface area contributed by atoms with E-state index >= 15 is 0 Å². The van der Waals surface area contributed by atoms with Crippen LogP contribution in [0.1, 0.15) is 39.5 Å². The maximum atomic E-state index is 13.6. The summed E-state index contributed by atoms with van der Waals surface area (Å²) in [5, 5.41) is 6.94. The van der Waals surface area contributed by atoms with E-state index in [2.05, 4.69) is 41.3 Å². The van der Waals surface area contributed by atoms with E-state index in [1.807, 2.05) is 44.2 Å². The van der Waals surface area contributed by atoms with Gasteiger partial charge in [-0.05, 0) is 50.5 Å². The van der Waals surface area contributed by atoms with Gasteiger partial charge in [0.25, 0.3) is 15.9 Å². The molecule has 3 aromatic rings. The molecular formula is C26H33N5O3S. The molecule has 0 aliphatic carbocycles. The highest BCUT2D eigenvalue weighted by molar-refractivity contribution is 7.89. The molecule has 1 N–H and O–H groups in total. The molecule has 186 valence electrons. The number of piperazine rings is 1. The average Bonchev–Trinajstić information content (AvgIpc) is 3.31. The van der Waals surface area contributed by atoms with Gasteiger partial charge in [-0.1, -0.05) is 42.0 Å². The molecule has 35 heavy (non-hydrogen) atoms. The largest absolute Gasteiger partial charge is 0.369 e. The van der Waals surface area contributed by atoms with Gasteiger partial charge in [-0.3, -0.25) is 9.48 Å². The molecule has 1 fully saturated rings. The third-order valence-corrected chi connectivity index (χ3v) is 8.44. The molecule has 0 radical (unpaired) electrons. The fourth-order valence-electron chi connectivity index (χ4n) is 4.27. The first-order valence-corrected chi connectivity index (χ1v) is 13.4. The summed E-state index contributed by atoms with van der Waals surface area (Å²) in [6.45, 7) is 10.6. The Hall–Kier alpha value is -3.17. The van der Waals surface area contributed by atoms with Crippen molar-refractivity contribution in [3.63, 3.8) is 0 Å². The van der Waals surface area contributed by atoms with Crippen molar-refractivity contribution in [2.75, 3.05) is 31.1 Å². The predicted octanol–water partition coefficient (Wildman–Crippen LogP) is 3.27. The van der Waals surface area contributed by atoms with Gasteiger partial charge < -0.3 is 10.2 Å². The van der Waals surface area contributed by atoms with E-state index in [1.54, 1.807) is 0 Å². The van der Waals surface area contributed by atoms with E-state index in [0.29, 0.717) is 39.3 Å². The molecule has 9 heteroatoms. The minimum atomic E-state index is -3.93. The number of anilines is 1. The zero-order chi connectivity index (χ0) is 25.2. The number of hydrogen-bond donors (Lipinski definition) is 1. The summed E-state index contributed by atoms with van der Waals surface area (Å²) in [6, 6.07) is 14.0. The van der Waals surface area contributed by atoms with Crippen LogP contribution in [0.25, 0.3) is 0 Å². The van der Waals surface area contributed by atoms with Gasteiger partial charge in [-0.25, -0.2) is 8.42 Å². The first kappa shape index (κ1) is 24.9. The minimum absolute atomic E-state index is 0.0796. The predicted molar refractivity (Wildman–Crippen MR) is 137 cm³/mol. The molecule has 2 aromatic carbocycles. The smallest absolute Gasteiger partial charge is 0.263 e. The lowest BCUT2D eigenvalue weighted by atomic mass is 10.1. The SMILES string of the molecule is CCn1cc(C(=O)NCc2ccc(C)cc2)c(S(=O)(=O)N2CCN(c3cccc(C)c3C)CC2)n1. The van der Waals surface area contributed by atoms with Gasteiger partial charge in [0.05, 0.1) is 5.56 Å². The molecule has 0 atom stereocenters. The number of rotatable bonds is 7. The van der Waals surface area contributed by atoms with Crippen LogP contribution in [-0.4, -0.2) is 54.6 Å². The van der Waals surface area contributed by atoms with Crippen molar-refractivity contribution in [1.29, 1.82) is 0 Å². The third-order valence-electron chi connectivity index (χ3n) is 6.61. The Morgan fingerprint density at radius 2 is 1.69 bits per heavy atom. The van der Waals surface area contributed by atoms with Crippen LogP contribution in [0.5, 0.6) is 0 Å². The zero-order valence-electron chi connectivity index (χ0n) is 20.8. The van der Waals surface area contributed by atoms with Gasteiger partial charge >= 0.3 is 0 Å². The Morgan fingerprint density at radius 3 is 2.34 bits per heavy atom. The Morgan fingerprint density at radius 1 is 1.00 bits per heavy atom. The van der Waals surface area contributed by atoms with Gasteiger partial charge in [0, 0.05) is 51.2 Å². The number of sulfonamides is 1. The van der Waals surface area contributed by atoms with Crippen molar-refractivity contribution in [2.45, 2.75) is 45.8 Å². The second kappa shape index (κ2) is 10.2. The molecule has 0 bridgehead atoms. The van der Waals surface area contributed by atoms with Crippen molar-refractivity contribution < 1.29 is 13.2 Å². The minimum Gasteiger partial charge on any atom is -0.369 e. The van der Waals surface area contributed by atoms with Gasteiger partial charge in [0.2, 0.25) is 5.03 Å². The second-order valence-corrected chi connectivity index (χ2v) is 10.8. The molecule has 4 rings (SSSR count). The average molecular weight is 496 g/mol. The summed E-state index contributed by atoms with van der Waals surface area (Å²) in [7, 11) is -3.93. The molecule has 1 aliphatic heterocycles. The van der Waals surface area contributed by atoms with Crippen molar-refractivity contribution in [2.24, 2.45) is 0 Å². The molecule has 1 saturated heterocycles. The summed E-state index contributed by atoms with van der Waals surface area (Å²) in [6.07, 6.45) is 1.52. The van der Waals surface area contributed by atoms with E-state index < -0.39 is 15.9 Å². The fourth-order valence-corrected chi connectivity index (χ4v) is 5.79. The Labute approximate surface area is 207 Å². The molecule has 0 spiro atoms. The molecule has 0 saturated carbocycles. The number of aryl methyl sites for hydroxylation is 3. The highest BCUT2D eigenvalue weighted by Gasteiger charge is 2.35. The quantitative estimate of drug-likeness (QED) is 0.544. The van der Waals surface area contributed by atoms with E-state index in [9.17, 15) is 13.2 Å². The summed E-state index contributed by atoms with van der Waals surface area (Å²) in [5.41, 5.74) is 5.71. The van der Waals surface area contributed by atoms with Crippen LogP contribution in [0.3, 0.4) is 0 Å². The van der Waals surface area contributed by atoms with E-state index in [1.165, 1.54) is 26.3 Å². The zero-order valence-corrected chi connectivity index (χ0v) is 21.6. The Kier molecular flexibility index (Phi) is 7.28. The molecular weight excluding hydrogens is 462 g/mol. The van der Waals surface area contributed by atoms with Crippen molar-refractivity contribution in [1.82, 2.24) is 19.4 Å². The van der Waals surface area contributed by atoms with E-state index in [0.717, 1.165) is 16.8 Å². The van der Waals surface area contributed by atoms with E-state index in [-0.39, 0.29) is 10.6 Å². The third kappa shape index (κ3) is 5.26. The molecule has 2 heterocycles. The van der Waals surface area contributed by atoms with Crippen LogP contribution in [0.15, 0.2) is 53.7 Å². The lowest BCUT2D eigenvalue weighted by molar-refractivity contribution is 0.0947. The molecule has 8 nitrogen and oxygen atoms in total. The summed E-state index contributed by atoms with van der Waals surface area (Å²) in [4.78, 5) is 15.2. The Balaban J connectivity index is 1.50. The van der Waals surface area contributed by atoms with Crippen LogP contribution in [0.4, 0.5) is 5.69 Å². The summed E-state index contributed by atoms with van der Waals surface area (Å²) < 4.78 is 30.1. The van der Waals surface area contributed by atoms with Gasteiger partial charge in [0.1, 0.15) is 0 Å². The van der Waals surface area contributed by atoms with Crippen LogP contribution in [0, 0.1) is 20.8 Å². The first-order valence-electron chi connectivity index (χ1n) is 11.9. The highest BCUT2D eigenvalue weighted by Crippen LogP contribution is 2.26. The number of nitrogens with zero attached hydrogens (tertiary/aromatic N) is 4. The van der Waals surface area contributed by atoms with Gasteiger partial charge in [-0.2, -0.15) is 9.40 Å². The topological polar surface area (TPSA) is 87.5 Å². The lowest BCUT2D eigenvalue weighted by Crippen LogP contribution is -2.49. The molecule has 1 aromatic heterocycles. The number of amides is 1. The molecule has 1 amide bonds. The number of nitrogens with one attached hydrogen (secondary N) is 1. The standard InChI is InChI=1S/C26H33N5O3S/c1-5-30-18-23(25(32)27-17-22-11-9-19(2)10-12-22)26(28-30)35(33,34)31-15-13-29(14-16-31)24-8-6-7-20(3)21(24)4/h6-12,18H,5,13-17H2,1-4H3,(H,27,32). The van der Waals surface area contributed by atoms with Crippen LogP contribution < -0.4 is 10.2 Å². The fraction of sp³-hybridized carbons (Fsp3) is 0.385.